The van der Waals surface area contributed by atoms with Crippen molar-refractivity contribution in [3.8, 4) is 0 Å². The lowest BCUT2D eigenvalue weighted by atomic mass is 9.79. The lowest BCUT2D eigenvalue weighted by Gasteiger charge is -2.09. The second-order valence-electron chi connectivity index (χ2n) is 2.66. The molecule has 1 rings (SSSR count). The first-order chi connectivity index (χ1) is 6.07. The first-order valence-corrected chi connectivity index (χ1v) is 5.08. The van der Waals surface area contributed by atoms with Gasteiger partial charge in [0, 0.05) is 9.50 Å². The Kier molecular flexibility index (Phi) is 3.80. The van der Waals surface area contributed by atoms with E-state index in [2.05, 4.69) is 15.9 Å². The summed E-state index contributed by atoms with van der Waals surface area (Å²) in [5.41, 5.74) is 1.34. The van der Waals surface area contributed by atoms with E-state index in [1.807, 2.05) is 6.92 Å². The lowest BCUT2D eigenvalue weighted by molar-refractivity contribution is 0.425. The minimum Gasteiger partial charge on any atom is -0.423 e. The van der Waals surface area contributed by atoms with E-state index in [-0.39, 0.29) is 0 Å². The summed E-state index contributed by atoms with van der Waals surface area (Å²) in [6.07, 6.45) is 0.750. The highest BCUT2D eigenvalue weighted by molar-refractivity contribution is 9.10. The molecule has 2 N–H and O–H groups in total. The molecule has 0 atom stereocenters. The van der Waals surface area contributed by atoms with Crippen molar-refractivity contribution in [1.29, 1.82) is 0 Å². The van der Waals surface area contributed by atoms with Crippen LogP contribution < -0.4 is 5.46 Å². The van der Waals surface area contributed by atoms with Crippen molar-refractivity contribution < 1.29 is 10.0 Å². The molecule has 0 saturated carbocycles. The van der Waals surface area contributed by atoms with Gasteiger partial charge >= 0.3 is 7.12 Å². The van der Waals surface area contributed by atoms with Gasteiger partial charge in [-0.2, -0.15) is 0 Å². The average molecular weight is 263 g/mol. The van der Waals surface area contributed by atoms with Crippen molar-refractivity contribution in [2.75, 3.05) is 0 Å². The maximum atomic E-state index is 9.00. The highest BCUT2D eigenvalue weighted by atomic mass is 79.9. The van der Waals surface area contributed by atoms with Gasteiger partial charge in [0.05, 0.1) is 0 Å². The summed E-state index contributed by atoms with van der Waals surface area (Å²) in [4.78, 5) is 0. The Labute approximate surface area is 90.8 Å². The fourth-order valence-corrected chi connectivity index (χ4v) is 2.38. The van der Waals surface area contributed by atoms with Crippen LogP contribution in [0.4, 0.5) is 0 Å². The van der Waals surface area contributed by atoms with Gasteiger partial charge in [0.1, 0.15) is 0 Å². The van der Waals surface area contributed by atoms with E-state index in [4.69, 9.17) is 21.6 Å². The second-order valence-corrected chi connectivity index (χ2v) is 3.86. The summed E-state index contributed by atoms with van der Waals surface area (Å²) >= 11 is 9.20. The van der Waals surface area contributed by atoms with E-state index >= 15 is 0 Å². The van der Waals surface area contributed by atoms with E-state index in [0.29, 0.717) is 15.0 Å². The first kappa shape index (κ1) is 11.1. The molecule has 0 aliphatic heterocycles. The van der Waals surface area contributed by atoms with Gasteiger partial charge in [0.15, 0.2) is 0 Å². The van der Waals surface area contributed by atoms with Crippen molar-refractivity contribution in [3.63, 3.8) is 0 Å². The molecule has 0 radical (unpaired) electrons. The number of rotatable bonds is 2. The number of benzene rings is 1. The zero-order valence-corrected chi connectivity index (χ0v) is 9.43. The van der Waals surface area contributed by atoms with Gasteiger partial charge in [-0.1, -0.05) is 40.5 Å². The Balaban J connectivity index is 3.27. The summed E-state index contributed by atoms with van der Waals surface area (Å²) in [6, 6.07) is 3.26. The highest BCUT2D eigenvalue weighted by Gasteiger charge is 2.17. The molecule has 13 heavy (non-hydrogen) atoms. The Morgan fingerprint density at radius 3 is 2.54 bits per heavy atom. The van der Waals surface area contributed by atoms with Gasteiger partial charge in [-0.3, -0.25) is 0 Å². The Morgan fingerprint density at radius 1 is 1.46 bits per heavy atom. The third kappa shape index (κ3) is 2.26. The van der Waals surface area contributed by atoms with Crippen LogP contribution in [0.1, 0.15) is 12.5 Å². The third-order valence-corrected chi connectivity index (χ3v) is 3.14. The molecular weight excluding hydrogens is 254 g/mol. The molecule has 0 bridgehead atoms. The quantitative estimate of drug-likeness (QED) is 0.791. The van der Waals surface area contributed by atoms with Gasteiger partial charge in [-0.25, -0.2) is 0 Å². The SMILES string of the molecule is CCc1c(Cl)ccc(B(O)O)c1Br. The van der Waals surface area contributed by atoms with Crippen LogP contribution in [0.3, 0.4) is 0 Å². The lowest BCUT2D eigenvalue weighted by Crippen LogP contribution is -2.31. The minimum absolute atomic E-state index is 0.446. The standard InChI is InChI=1S/C8H9BBrClO2/c1-2-5-7(11)4-3-6(8(5)10)9(12)13/h3-4,12-13H,2H2,1H3. The molecule has 0 heterocycles. The summed E-state index contributed by atoms with van der Waals surface area (Å²) in [5, 5.41) is 18.6. The molecule has 0 unspecified atom stereocenters. The summed E-state index contributed by atoms with van der Waals surface area (Å²) < 4.78 is 0.678. The largest absolute Gasteiger partial charge is 0.489 e. The molecule has 0 saturated heterocycles. The summed E-state index contributed by atoms with van der Waals surface area (Å²) in [7, 11) is -1.46. The van der Waals surface area contributed by atoms with Crippen LogP contribution >= 0.6 is 27.5 Å². The van der Waals surface area contributed by atoms with E-state index in [1.165, 1.54) is 0 Å². The van der Waals surface area contributed by atoms with E-state index < -0.39 is 7.12 Å². The molecule has 0 aliphatic carbocycles. The third-order valence-electron chi connectivity index (χ3n) is 1.85. The Bertz CT molecular complexity index is 317. The molecule has 2 nitrogen and oxygen atoms in total. The molecule has 0 fully saturated rings. The van der Waals surface area contributed by atoms with Crippen molar-refractivity contribution in [2.24, 2.45) is 0 Å². The van der Waals surface area contributed by atoms with Crippen LogP contribution in [0.15, 0.2) is 16.6 Å². The number of halogens is 2. The van der Waals surface area contributed by atoms with Gasteiger partial charge in [0.25, 0.3) is 0 Å². The van der Waals surface area contributed by atoms with Crippen LogP contribution in [-0.2, 0) is 6.42 Å². The highest BCUT2D eigenvalue weighted by Crippen LogP contribution is 2.23. The van der Waals surface area contributed by atoms with E-state index in [0.717, 1.165) is 12.0 Å². The number of hydrogen-bond acceptors (Lipinski definition) is 2. The van der Waals surface area contributed by atoms with Crippen molar-refractivity contribution in [2.45, 2.75) is 13.3 Å². The van der Waals surface area contributed by atoms with Crippen LogP contribution in [0.25, 0.3) is 0 Å². The smallest absolute Gasteiger partial charge is 0.423 e. The molecule has 1 aromatic carbocycles. The molecule has 0 amide bonds. The van der Waals surface area contributed by atoms with Gasteiger partial charge in [-0.15, -0.1) is 0 Å². The summed E-state index contributed by atoms with van der Waals surface area (Å²) in [5.74, 6) is 0. The van der Waals surface area contributed by atoms with Gasteiger partial charge in [0.2, 0.25) is 0 Å². The monoisotopic (exact) mass is 262 g/mol. The molecule has 0 spiro atoms. The zero-order valence-electron chi connectivity index (χ0n) is 7.09. The summed E-state index contributed by atoms with van der Waals surface area (Å²) in [6.45, 7) is 1.96. The topological polar surface area (TPSA) is 40.5 Å². The molecule has 5 heteroatoms. The predicted molar refractivity (Wildman–Crippen MR) is 58.4 cm³/mol. The van der Waals surface area contributed by atoms with Gasteiger partial charge in [-0.05, 0) is 23.5 Å². The van der Waals surface area contributed by atoms with Crippen LogP contribution in [0.2, 0.25) is 5.02 Å². The van der Waals surface area contributed by atoms with Gasteiger partial charge < -0.3 is 10.0 Å². The van der Waals surface area contributed by atoms with Crippen molar-refractivity contribution in [1.82, 2.24) is 0 Å². The molecule has 1 aromatic rings. The first-order valence-electron chi connectivity index (χ1n) is 3.90. The maximum Gasteiger partial charge on any atom is 0.489 e. The fraction of sp³-hybridized carbons (Fsp3) is 0.250. The number of hydrogen-bond donors (Lipinski definition) is 2. The zero-order chi connectivity index (χ0) is 10.0. The van der Waals surface area contributed by atoms with E-state index in [1.54, 1.807) is 12.1 Å². The van der Waals surface area contributed by atoms with Crippen molar-refractivity contribution >= 4 is 40.1 Å². The molecule has 0 aliphatic rings. The molecule has 70 valence electrons. The van der Waals surface area contributed by atoms with E-state index in [9.17, 15) is 0 Å². The van der Waals surface area contributed by atoms with Crippen LogP contribution in [0, 0.1) is 0 Å². The minimum atomic E-state index is -1.46. The van der Waals surface area contributed by atoms with Crippen LogP contribution in [-0.4, -0.2) is 17.2 Å². The second kappa shape index (κ2) is 4.46. The predicted octanol–water partition coefficient (Wildman–Crippen LogP) is 1.34. The normalized spacial score (nSPS) is 10.2. The van der Waals surface area contributed by atoms with Crippen molar-refractivity contribution in [3.05, 3.63) is 27.2 Å². The Morgan fingerprint density at radius 2 is 2.08 bits per heavy atom. The Hall–Kier alpha value is -0.0251. The fourth-order valence-electron chi connectivity index (χ4n) is 1.14. The molecular formula is C8H9BBrClO2. The van der Waals surface area contributed by atoms with Crippen LogP contribution in [0.5, 0.6) is 0 Å². The molecule has 0 aromatic heterocycles. The average Bonchev–Trinajstić information content (AvgIpc) is 2.04. The maximum absolute atomic E-state index is 9.00.